The maximum atomic E-state index is 12.1. The molecule has 7 heteroatoms. The predicted octanol–water partition coefficient (Wildman–Crippen LogP) is 1.50. The molecule has 0 saturated carbocycles. The number of hydrogen-bond donors (Lipinski definition) is 2. The Morgan fingerprint density at radius 3 is 2.73 bits per heavy atom. The molecule has 0 fully saturated rings. The van der Waals surface area contributed by atoms with E-state index in [0.717, 1.165) is 5.69 Å². The van der Waals surface area contributed by atoms with Gasteiger partial charge in [-0.1, -0.05) is 13.8 Å². The van der Waals surface area contributed by atoms with E-state index >= 15 is 0 Å². The van der Waals surface area contributed by atoms with Gasteiger partial charge in [0.2, 0.25) is 0 Å². The third-order valence-electron chi connectivity index (χ3n) is 3.07. The Morgan fingerprint density at radius 2 is 2.14 bits per heavy atom. The van der Waals surface area contributed by atoms with Gasteiger partial charge in [-0.2, -0.15) is 5.10 Å². The fourth-order valence-corrected chi connectivity index (χ4v) is 2.00. The first-order chi connectivity index (χ1) is 10.5. The van der Waals surface area contributed by atoms with Crippen LogP contribution < -0.4 is 5.32 Å². The van der Waals surface area contributed by atoms with Gasteiger partial charge in [0.15, 0.2) is 0 Å². The van der Waals surface area contributed by atoms with Crippen molar-refractivity contribution in [2.75, 3.05) is 0 Å². The van der Waals surface area contributed by atoms with Crippen molar-refractivity contribution in [3.05, 3.63) is 42.5 Å². The topological polar surface area (TPSA) is 97.1 Å². The molecule has 2 heterocycles. The fraction of sp³-hybridized carbons (Fsp3) is 0.333. The Labute approximate surface area is 128 Å². The molecule has 0 spiro atoms. The second-order valence-electron chi connectivity index (χ2n) is 5.38. The van der Waals surface area contributed by atoms with Crippen LogP contribution in [0.1, 0.15) is 30.6 Å². The number of aromatic nitrogens is 3. The number of rotatable bonds is 6. The van der Waals surface area contributed by atoms with E-state index < -0.39 is 17.9 Å². The summed E-state index contributed by atoms with van der Waals surface area (Å²) in [5.74, 6) is -1.33. The van der Waals surface area contributed by atoms with E-state index in [9.17, 15) is 9.59 Å². The third-order valence-corrected chi connectivity index (χ3v) is 3.07. The number of hydrogen-bond acceptors (Lipinski definition) is 4. The molecular formula is C15H18N4O3. The summed E-state index contributed by atoms with van der Waals surface area (Å²) in [5.41, 5.74) is 1.03. The van der Waals surface area contributed by atoms with Crippen LogP contribution in [0.25, 0.3) is 5.69 Å². The van der Waals surface area contributed by atoms with Gasteiger partial charge in [0.05, 0.1) is 23.6 Å². The Bertz CT molecular complexity index is 652. The molecule has 2 aromatic rings. The average Bonchev–Trinajstić information content (AvgIpc) is 2.96. The first-order valence-electron chi connectivity index (χ1n) is 6.96. The number of pyridine rings is 1. The van der Waals surface area contributed by atoms with Gasteiger partial charge in [-0.25, -0.2) is 9.48 Å². The van der Waals surface area contributed by atoms with Gasteiger partial charge < -0.3 is 10.4 Å². The van der Waals surface area contributed by atoms with Crippen molar-refractivity contribution in [2.45, 2.75) is 26.3 Å². The molecule has 0 radical (unpaired) electrons. The van der Waals surface area contributed by atoms with Crippen LogP contribution in [-0.4, -0.2) is 37.8 Å². The Hall–Kier alpha value is -2.70. The number of carboxylic acid groups (broad SMARTS) is 1. The van der Waals surface area contributed by atoms with E-state index in [-0.39, 0.29) is 5.92 Å². The quantitative estimate of drug-likeness (QED) is 0.842. The van der Waals surface area contributed by atoms with Crippen LogP contribution in [0.5, 0.6) is 0 Å². The van der Waals surface area contributed by atoms with Crippen LogP contribution in [0.15, 0.2) is 36.9 Å². The second kappa shape index (κ2) is 6.84. The standard InChI is InChI=1S/C15H18N4O3/c1-10(2)6-13(15(21)22)18-14(20)11-7-17-19(9-11)12-4-3-5-16-8-12/h3-5,7-10,13H,6H2,1-2H3,(H,18,20)(H,21,22). The number of amides is 1. The molecule has 1 amide bonds. The monoisotopic (exact) mass is 302 g/mol. The van der Waals surface area contributed by atoms with E-state index in [0.29, 0.717) is 12.0 Å². The molecule has 2 aromatic heterocycles. The minimum Gasteiger partial charge on any atom is -0.480 e. The zero-order valence-electron chi connectivity index (χ0n) is 12.4. The zero-order chi connectivity index (χ0) is 16.1. The van der Waals surface area contributed by atoms with Crippen LogP contribution >= 0.6 is 0 Å². The Balaban J connectivity index is 2.10. The number of nitrogens with zero attached hydrogens (tertiary/aromatic N) is 3. The summed E-state index contributed by atoms with van der Waals surface area (Å²) in [5, 5.41) is 15.8. The highest BCUT2D eigenvalue weighted by molar-refractivity contribution is 5.96. The highest BCUT2D eigenvalue weighted by Crippen LogP contribution is 2.09. The fourth-order valence-electron chi connectivity index (χ4n) is 2.00. The molecular weight excluding hydrogens is 284 g/mol. The summed E-state index contributed by atoms with van der Waals surface area (Å²) in [6.45, 7) is 3.81. The molecule has 116 valence electrons. The molecule has 1 atom stereocenters. The van der Waals surface area contributed by atoms with Crippen molar-refractivity contribution in [3.63, 3.8) is 0 Å². The van der Waals surface area contributed by atoms with Gasteiger partial charge >= 0.3 is 5.97 Å². The maximum absolute atomic E-state index is 12.1. The molecule has 0 aliphatic rings. The number of nitrogens with one attached hydrogen (secondary N) is 1. The first-order valence-corrected chi connectivity index (χ1v) is 6.96. The van der Waals surface area contributed by atoms with E-state index in [2.05, 4.69) is 15.4 Å². The Morgan fingerprint density at radius 1 is 1.36 bits per heavy atom. The third kappa shape index (κ3) is 3.91. The lowest BCUT2D eigenvalue weighted by Crippen LogP contribution is -2.41. The molecule has 0 aromatic carbocycles. The molecule has 0 aliphatic carbocycles. The number of carboxylic acids is 1. The number of carbonyl (C=O) groups is 2. The van der Waals surface area contributed by atoms with Crippen molar-refractivity contribution in [2.24, 2.45) is 5.92 Å². The van der Waals surface area contributed by atoms with Crippen molar-refractivity contribution in [3.8, 4) is 5.69 Å². The lowest BCUT2D eigenvalue weighted by atomic mass is 10.0. The molecule has 22 heavy (non-hydrogen) atoms. The van der Waals surface area contributed by atoms with Gasteiger partial charge in [0, 0.05) is 12.4 Å². The van der Waals surface area contributed by atoms with Crippen molar-refractivity contribution in [1.82, 2.24) is 20.1 Å². The average molecular weight is 302 g/mol. The molecule has 0 aliphatic heterocycles. The van der Waals surface area contributed by atoms with E-state index in [1.54, 1.807) is 30.7 Å². The van der Waals surface area contributed by atoms with E-state index in [1.165, 1.54) is 10.9 Å². The van der Waals surface area contributed by atoms with Crippen LogP contribution in [0.3, 0.4) is 0 Å². The highest BCUT2D eigenvalue weighted by Gasteiger charge is 2.22. The summed E-state index contributed by atoms with van der Waals surface area (Å²) in [6, 6.07) is 2.66. The van der Waals surface area contributed by atoms with Gasteiger partial charge in [-0.3, -0.25) is 9.78 Å². The molecule has 7 nitrogen and oxygen atoms in total. The smallest absolute Gasteiger partial charge is 0.326 e. The number of aliphatic carboxylic acids is 1. The molecule has 0 saturated heterocycles. The Kier molecular flexibility index (Phi) is 4.88. The summed E-state index contributed by atoms with van der Waals surface area (Å²) in [6.07, 6.45) is 6.58. The number of carbonyl (C=O) groups excluding carboxylic acids is 1. The van der Waals surface area contributed by atoms with Crippen molar-refractivity contribution < 1.29 is 14.7 Å². The predicted molar refractivity (Wildman–Crippen MR) is 79.7 cm³/mol. The summed E-state index contributed by atoms with van der Waals surface area (Å²) < 4.78 is 1.51. The van der Waals surface area contributed by atoms with Crippen LogP contribution in [0, 0.1) is 5.92 Å². The zero-order valence-corrected chi connectivity index (χ0v) is 12.4. The summed E-state index contributed by atoms with van der Waals surface area (Å²) in [7, 11) is 0. The van der Waals surface area contributed by atoms with Gasteiger partial charge in [0.25, 0.3) is 5.91 Å². The second-order valence-corrected chi connectivity index (χ2v) is 5.38. The van der Waals surface area contributed by atoms with E-state index in [1.807, 2.05) is 13.8 Å². The molecule has 2 N–H and O–H groups in total. The lowest BCUT2D eigenvalue weighted by Gasteiger charge is -2.15. The van der Waals surface area contributed by atoms with E-state index in [4.69, 9.17) is 5.11 Å². The van der Waals surface area contributed by atoms with Crippen molar-refractivity contribution >= 4 is 11.9 Å². The van der Waals surface area contributed by atoms with Gasteiger partial charge in [-0.15, -0.1) is 0 Å². The van der Waals surface area contributed by atoms with Crippen LogP contribution in [-0.2, 0) is 4.79 Å². The summed E-state index contributed by atoms with van der Waals surface area (Å²) in [4.78, 5) is 27.3. The maximum Gasteiger partial charge on any atom is 0.326 e. The molecule has 2 rings (SSSR count). The first kappa shape index (κ1) is 15.7. The molecule has 0 bridgehead atoms. The minimum atomic E-state index is -1.04. The molecule has 1 unspecified atom stereocenters. The largest absolute Gasteiger partial charge is 0.480 e. The minimum absolute atomic E-state index is 0.166. The van der Waals surface area contributed by atoms with Gasteiger partial charge in [-0.05, 0) is 24.5 Å². The van der Waals surface area contributed by atoms with Crippen LogP contribution in [0.2, 0.25) is 0 Å². The normalized spacial score (nSPS) is 12.1. The summed E-state index contributed by atoms with van der Waals surface area (Å²) >= 11 is 0. The lowest BCUT2D eigenvalue weighted by molar-refractivity contribution is -0.139. The highest BCUT2D eigenvalue weighted by atomic mass is 16.4. The van der Waals surface area contributed by atoms with Crippen molar-refractivity contribution in [1.29, 1.82) is 0 Å². The van der Waals surface area contributed by atoms with Gasteiger partial charge in [0.1, 0.15) is 6.04 Å². The van der Waals surface area contributed by atoms with Crippen LogP contribution in [0.4, 0.5) is 0 Å². The SMILES string of the molecule is CC(C)CC(NC(=O)c1cnn(-c2cccnc2)c1)C(=O)O.